The maximum atomic E-state index is 6.58. The second kappa shape index (κ2) is 11.6. The van der Waals surface area contributed by atoms with Crippen molar-refractivity contribution in [1.82, 2.24) is 24.8 Å². The number of hydrogen-bond acceptors (Lipinski definition) is 9. The second-order valence-electron chi connectivity index (χ2n) is 10.4. The summed E-state index contributed by atoms with van der Waals surface area (Å²) >= 11 is 0. The quantitative estimate of drug-likeness (QED) is 0.513. The van der Waals surface area contributed by atoms with Crippen molar-refractivity contribution in [1.29, 1.82) is 0 Å². The van der Waals surface area contributed by atoms with E-state index in [0.717, 1.165) is 106 Å². The molecule has 6 rings (SSSR count). The second-order valence-corrected chi connectivity index (χ2v) is 10.4. The number of ether oxygens (including phenoxy) is 2. The number of piperidine rings is 1. The van der Waals surface area contributed by atoms with Crippen molar-refractivity contribution in [3.8, 4) is 5.75 Å². The van der Waals surface area contributed by atoms with Crippen LogP contribution in [0.25, 0.3) is 11.0 Å². The third-order valence-electron chi connectivity index (χ3n) is 7.74. The number of morpholine rings is 1. The molecule has 1 N–H and O–H groups in total. The van der Waals surface area contributed by atoms with E-state index in [2.05, 4.69) is 42.2 Å². The zero-order valence-corrected chi connectivity index (χ0v) is 21.5. The molecule has 0 spiro atoms. The van der Waals surface area contributed by atoms with Crippen molar-refractivity contribution in [2.24, 2.45) is 0 Å². The minimum Gasteiger partial charge on any atom is -0.488 e. The lowest BCUT2D eigenvalue weighted by Crippen LogP contribution is -2.36. The van der Waals surface area contributed by atoms with Crippen LogP contribution in [0.1, 0.15) is 50.8 Å². The van der Waals surface area contributed by atoms with E-state index in [1.54, 1.807) is 12.4 Å². The molecule has 3 aliphatic rings. The van der Waals surface area contributed by atoms with Gasteiger partial charge in [0.05, 0.1) is 31.4 Å². The highest BCUT2D eigenvalue weighted by atomic mass is 16.5. The number of rotatable bonds is 7. The summed E-state index contributed by atoms with van der Waals surface area (Å²) in [6.07, 6.45) is 13.5. The number of aromatic nitrogens is 4. The van der Waals surface area contributed by atoms with Crippen LogP contribution in [0.3, 0.4) is 0 Å². The first-order chi connectivity index (χ1) is 18.3. The highest BCUT2D eigenvalue weighted by Crippen LogP contribution is 2.33. The lowest BCUT2D eigenvalue weighted by molar-refractivity contribution is 0.122. The average molecular weight is 504 g/mol. The van der Waals surface area contributed by atoms with Gasteiger partial charge in [-0.15, -0.1) is 0 Å². The zero-order chi connectivity index (χ0) is 24.9. The fraction of sp³-hybridized carbons (Fsp3) is 0.571. The molecule has 0 radical (unpaired) electrons. The van der Waals surface area contributed by atoms with Crippen LogP contribution in [0.2, 0.25) is 0 Å². The van der Waals surface area contributed by atoms with E-state index in [4.69, 9.17) is 14.5 Å². The number of benzene rings is 1. The molecule has 37 heavy (non-hydrogen) atoms. The Morgan fingerprint density at radius 1 is 0.892 bits per heavy atom. The standard InChI is InChI=1S/C28H37N7O2/c1-2-12-34(13-3-1)20-27-30-9-8-26(33-27)32-21-4-6-23(7-5-21)37-25-19-22(35-14-16-36-17-15-35)18-24-28(25)31-11-10-29-24/h8-11,18-19,21,23H,1-7,12-17,20H2,(H,30,32,33). The Bertz CT molecular complexity index is 1170. The number of nitrogens with zero attached hydrogens (tertiary/aromatic N) is 6. The lowest BCUT2D eigenvalue weighted by Gasteiger charge is -2.31. The van der Waals surface area contributed by atoms with Gasteiger partial charge >= 0.3 is 0 Å². The predicted molar refractivity (Wildman–Crippen MR) is 144 cm³/mol. The van der Waals surface area contributed by atoms with Crippen LogP contribution >= 0.6 is 0 Å². The number of nitrogens with one attached hydrogen (secondary N) is 1. The molecule has 3 aromatic rings. The number of fused-ring (bicyclic) bond motifs is 1. The molecule has 0 atom stereocenters. The van der Waals surface area contributed by atoms with E-state index in [1.165, 1.54) is 19.3 Å². The molecule has 0 bridgehead atoms. The Morgan fingerprint density at radius 2 is 1.70 bits per heavy atom. The van der Waals surface area contributed by atoms with E-state index in [-0.39, 0.29) is 6.10 Å². The van der Waals surface area contributed by atoms with E-state index in [1.807, 2.05) is 12.3 Å². The number of hydrogen-bond donors (Lipinski definition) is 1. The highest BCUT2D eigenvalue weighted by Gasteiger charge is 2.25. The largest absolute Gasteiger partial charge is 0.488 e. The monoisotopic (exact) mass is 503 g/mol. The van der Waals surface area contributed by atoms with Crippen LogP contribution in [-0.2, 0) is 11.3 Å². The molecule has 0 unspecified atom stereocenters. The van der Waals surface area contributed by atoms with Gasteiger partial charge in [0.15, 0.2) is 0 Å². The van der Waals surface area contributed by atoms with Crippen LogP contribution in [0.15, 0.2) is 36.8 Å². The van der Waals surface area contributed by atoms with E-state index in [0.29, 0.717) is 6.04 Å². The van der Waals surface area contributed by atoms with Gasteiger partial charge in [0.1, 0.15) is 22.9 Å². The molecule has 1 aromatic carbocycles. The van der Waals surface area contributed by atoms with Crippen molar-refractivity contribution >= 4 is 22.5 Å². The molecule has 2 aromatic heterocycles. The summed E-state index contributed by atoms with van der Waals surface area (Å²) in [5.41, 5.74) is 2.84. The van der Waals surface area contributed by atoms with Crippen molar-refractivity contribution in [3.63, 3.8) is 0 Å². The van der Waals surface area contributed by atoms with E-state index in [9.17, 15) is 0 Å². The van der Waals surface area contributed by atoms with E-state index < -0.39 is 0 Å². The summed E-state index contributed by atoms with van der Waals surface area (Å²) in [5.74, 6) is 2.68. The van der Waals surface area contributed by atoms with Crippen LogP contribution in [-0.4, -0.2) is 76.4 Å². The van der Waals surface area contributed by atoms with Gasteiger partial charge in [-0.25, -0.2) is 15.0 Å². The summed E-state index contributed by atoms with van der Waals surface area (Å²) in [5, 5.41) is 3.66. The molecule has 1 aliphatic carbocycles. The topological polar surface area (TPSA) is 88.5 Å². The average Bonchev–Trinajstić information content (AvgIpc) is 2.95. The lowest BCUT2D eigenvalue weighted by atomic mass is 9.93. The molecule has 2 aliphatic heterocycles. The molecule has 4 heterocycles. The zero-order valence-electron chi connectivity index (χ0n) is 21.5. The normalized spacial score (nSPS) is 23.2. The Hall–Kier alpha value is -3.04. The summed E-state index contributed by atoms with van der Waals surface area (Å²) in [6.45, 7) is 6.41. The van der Waals surface area contributed by atoms with Crippen molar-refractivity contribution < 1.29 is 9.47 Å². The van der Waals surface area contributed by atoms with Crippen LogP contribution < -0.4 is 15.0 Å². The molecule has 9 nitrogen and oxygen atoms in total. The molecule has 0 amide bonds. The molecular weight excluding hydrogens is 466 g/mol. The third-order valence-corrected chi connectivity index (χ3v) is 7.74. The van der Waals surface area contributed by atoms with Gasteiger partial charge < -0.3 is 19.7 Å². The number of likely N-dealkylation sites (tertiary alicyclic amines) is 1. The van der Waals surface area contributed by atoms with Crippen molar-refractivity contribution in [2.75, 3.05) is 49.6 Å². The minimum absolute atomic E-state index is 0.170. The molecular formula is C28H37N7O2. The molecule has 3 fully saturated rings. The summed E-state index contributed by atoms with van der Waals surface area (Å²) in [6, 6.07) is 6.64. The van der Waals surface area contributed by atoms with Gasteiger partial charge in [-0.3, -0.25) is 9.88 Å². The summed E-state index contributed by atoms with van der Waals surface area (Å²) in [4.78, 5) is 23.3. The fourth-order valence-electron chi connectivity index (χ4n) is 5.71. The Morgan fingerprint density at radius 3 is 2.54 bits per heavy atom. The maximum absolute atomic E-state index is 6.58. The smallest absolute Gasteiger partial charge is 0.149 e. The fourth-order valence-corrected chi connectivity index (χ4v) is 5.71. The van der Waals surface area contributed by atoms with Crippen molar-refractivity contribution in [2.45, 2.75) is 63.6 Å². The van der Waals surface area contributed by atoms with Gasteiger partial charge in [0, 0.05) is 49.5 Å². The highest BCUT2D eigenvalue weighted by molar-refractivity contribution is 5.85. The molecule has 9 heteroatoms. The Balaban J connectivity index is 1.07. The van der Waals surface area contributed by atoms with Gasteiger partial charge in [-0.05, 0) is 63.7 Å². The molecule has 2 saturated heterocycles. The van der Waals surface area contributed by atoms with Crippen LogP contribution in [0.4, 0.5) is 11.5 Å². The van der Waals surface area contributed by atoms with Gasteiger partial charge in [0.2, 0.25) is 0 Å². The van der Waals surface area contributed by atoms with Crippen LogP contribution in [0, 0.1) is 0 Å². The summed E-state index contributed by atoms with van der Waals surface area (Å²) < 4.78 is 12.1. The molecule has 1 saturated carbocycles. The third kappa shape index (κ3) is 6.10. The van der Waals surface area contributed by atoms with Crippen molar-refractivity contribution in [3.05, 3.63) is 42.6 Å². The Labute approximate surface area is 218 Å². The first-order valence-corrected chi connectivity index (χ1v) is 13.8. The first-order valence-electron chi connectivity index (χ1n) is 13.8. The Kier molecular flexibility index (Phi) is 7.60. The predicted octanol–water partition coefficient (Wildman–Crippen LogP) is 4.04. The minimum atomic E-state index is 0.170. The number of anilines is 2. The molecule has 196 valence electrons. The van der Waals surface area contributed by atoms with Gasteiger partial charge in [-0.2, -0.15) is 0 Å². The van der Waals surface area contributed by atoms with Gasteiger partial charge in [-0.1, -0.05) is 6.42 Å². The van der Waals surface area contributed by atoms with Gasteiger partial charge in [0.25, 0.3) is 0 Å². The maximum Gasteiger partial charge on any atom is 0.149 e. The summed E-state index contributed by atoms with van der Waals surface area (Å²) in [7, 11) is 0. The van der Waals surface area contributed by atoms with E-state index >= 15 is 0 Å². The first kappa shape index (κ1) is 24.3. The van der Waals surface area contributed by atoms with Crippen LogP contribution in [0.5, 0.6) is 5.75 Å². The SMILES string of the molecule is c1cc(NC2CCC(Oc3cc(N4CCOCC4)cc4nccnc34)CC2)nc(CN2CCCCC2)n1.